The van der Waals surface area contributed by atoms with Crippen molar-refractivity contribution in [2.75, 3.05) is 18.5 Å². The van der Waals surface area contributed by atoms with Gasteiger partial charge in [0.15, 0.2) is 0 Å². The molecule has 0 radical (unpaired) electrons. The number of hydrogen-bond donors (Lipinski definition) is 1. The summed E-state index contributed by atoms with van der Waals surface area (Å²) >= 11 is 0. The number of ether oxygens (including phenoxy) is 1. The van der Waals surface area contributed by atoms with Crippen LogP contribution in [-0.2, 0) is 40.3 Å². The Kier molecular flexibility index (Phi) is 7.77. The molecule has 0 aliphatic carbocycles. The van der Waals surface area contributed by atoms with Crippen LogP contribution in [0.1, 0.15) is 28.9 Å². The number of carbonyl (C=O) groups is 2. The van der Waals surface area contributed by atoms with Gasteiger partial charge in [0, 0.05) is 42.7 Å². The summed E-state index contributed by atoms with van der Waals surface area (Å²) in [4.78, 5) is 26.9. The summed E-state index contributed by atoms with van der Waals surface area (Å²) in [5.74, 6) is 1.68. The molecule has 5 rings (SSSR count). The van der Waals surface area contributed by atoms with Gasteiger partial charge in [-0.25, -0.2) is 0 Å². The van der Waals surface area contributed by atoms with Crippen molar-refractivity contribution in [2.45, 2.75) is 32.4 Å². The molecule has 2 heterocycles. The zero-order chi connectivity index (χ0) is 25.5. The Morgan fingerprint density at radius 3 is 2.32 bits per heavy atom. The summed E-state index contributed by atoms with van der Waals surface area (Å²) < 4.78 is 11.6. The van der Waals surface area contributed by atoms with Gasteiger partial charge in [0.2, 0.25) is 11.8 Å². The molecule has 0 saturated carbocycles. The summed E-state index contributed by atoms with van der Waals surface area (Å²) in [6.07, 6.45) is 1.97. The normalized spacial score (nSPS) is 12.7. The number of nitrogens with zero attached hydrogens (tertiary/aromatic N) is 1. The van der Waals surface area contributed by atoms with Gasteiger partial charge in [-0.05, 0) is 47.9 Å². The van der Waals surface area contributed by atoms with Crippen molar-refractivity contribution in [1.29, 1.82) is 0 Å². The second-order valence-corrected chi connectivity index (χ2v) is 9.21. The molecule has 6 nitrogen and oxygen atoms in total. The van der Waals surface area contributed by atoms with Crippen LogP contribution in [0, 0.1) is 0 Å². The maximum absolute atomic E-state index is 12.8. The molecule has 188 valence electrons. The highest BCUT2D eigenvalue weighted by Crippen LogP contribution is 2.30. The number of benzene rings is 3. The number of fused-ring (bicyclic) bond motifs is 1. The molecule has 6 heteroatoms. The van der Waals surface area contributed by atoms with Gasteiger partial charge in [-0.2, -0.15) is 0 Å². The molecule has 0 unspecified atom stereocenters. The predicted octanol–water partition coefficient (Wildman–Crippen LogP) is 5.62. The van der Waals surface area contributed by atoms with Crippen LogP contribution in [0.3, 0.4) is 0 Å². The SMILES string of the molecule is O=C(COCc1ccccc1)Nc1ccc(-c2cc3c(o2)CCN(C(=O)CCc2ccccc2)C3)cc1. The fourth-order valence-electron chi connectivity index (χ4n) is 4.49. The molecule has 0 fully saturated rings. The highest BCUT2D eigenvalue weighted by atomic mass is 16.5. The van der Waals surface area contributed by atoms with Crippen molar-refractivity contribution >= 4 is 17.5 Å². The summed E-state index contributed by atoms with van der Waals surface area (Å²) in [5, 5.41) is 2.86. The molecule has 0 spiro atoms. The molecule has 0 atom stereocenters. The maximum atomic E-state index is 12.8. The van der Waals surface area contributed by atoms with Crippen molar-refractivity contribution in [1.82, 2.24) is 4.90 Å². The van der Waals surface area contributed by atoms with E-state index in [4.69, 9.17) is 9.15 Å². The van der Waals surface area contributed by atoms with Crippen molar-refractivity contribution in [3.63, 3.8) is 0 Å². The number of hydrogen-bond acceptors (Lipinski definition) is 4. The van der Waals surface area contributed by atoms with Gasteiger partial charge < -0.3 is 19.4 Å². The molecule has 1 aliphatic heterocycles. The van der Waals surface area contributed by atoms with Crippen LogP contribution in [-0.4, -0.2) is 29.9 Å². The van der Waals surface area contributed by atoms with Gasteiger partial charge in [0.1, 0.15) is 18.1 Å². The maximum Gasteiger partial charge on any atom is 0.250 e. The first-order chi connectivity index (χ1) is 18.1. The minimum atomic E-state index is -0.200. The quantitative estimate of drug-likeness (QED) is 0.328. The lowest BCUT2D eigenvalue weighted by molar-refractivity contribution is -0.132. The van der Waals surface area contributed by atoms with Gasteiger partial charge in [0.05, 0.1) is 6.61 Å². The lowest BCUT2D eigenvalue weighted by atomic mass is 10.1. The Bertz CT molecular complexity index is 1330. The third kappa shape index (κ3) is 6.54. The van der Waals surface area contributed by atoms with Crippen molar-refractivity contribution in [3.8, 4) is 11.3 Å². The lowest BCUT2D eigenvalue weighted by Gasteiger charge is -2.26. The largest absolute Gasteiger partial charge is 0.461 e. The van der Waals surface area contributed by atoms with E-state index >= 15 is 0 Å². The molecule has 37 heavy (non-hydrogen) atoms. The number of furan rings is 1. The van der Waals surface area contributed by atoms with E-state index in [-0.39, 0.29) is 18.4 Å². The molecule has 0 bridgehead atoms. The summed E-state index contributed by atoms with van der Waals surface area (Å²) in [6, 6.07) is 29.4. The molecule has 3 aromatic carbocycles. The van der Waals surface area contributed by atoms with Crippen LogP contribution < -0.4 is 5.32 Å². The second-order valence-electron chi connectivity index (χ2n) is 9.21. The zero-order valence-corrected chi connectivity index (χ0v) is 20.7. The van der Waals surface area contributed by atoms with E-state index in [0.717, 1.165) is 34.6 Å². The Morgan fingerprint density at radius 2 is 1.59 bits per heavy atom. The Morgan fingerprint density at radius 1 is 0.892 bits per heavy atom. The number of nitrogens with one attached hydrogen (secondary N) is 1. The number of carbonyl (C=O) groups excluding carboxylic acids is 2. The Balaban J connectivity index is 1.12. The molecule has 0 saturated heterocycles. The third-order valence-corrected chi connectivity index (χ3v) is 6.49. The van der Waals surface area contributed by atoms with E-state index in [1.165, 1.54) is 5.56 Å². The van der Waals surface area contributed by atoms with Gasteiger partial charge in [-0.3, -0.25) is 9.59 Å². The topological polar surface area (TPSA) is 71.8 Å². The fraction of sp³-hybridized carbons (Fsp3) is 0.226. The summed E-state index contributed by atoms with van der Waals surface area (Å²) in [6.45, 7) is 1.63. The highest BCUT2D eigenvalue weighted by Gasteiger charge is 2.24. The van der Waals surface area contributed by atoms with Crippen LogP contribution >= 0.6 is 0 Å². The minimum absolute atomic E-state index is 0.0118. The monoisotopic (exact) mass is 494 g/mol. The first-order valence-electron chi connectivity index (χ1n) is 12.6. The van der Waals surface area contributed by atoms with Crippen molar-refractivity contribution in [2.24, 2.45) is 0 Å². The van der Waals surface area contributed by atoms with Crippen LogP contribution in [0.25, 0.3) is 11.3 Å². The van der Waals surface area contributed by atoms with E-state index < -0.39 is 0 Å². The average Bonchev–Trinajstić information content (AvgIpc) is 3.37. The van der Waals surface area contributed by atoms with E-state index in [0.29, 0.717) is 38.2 Å². The number of amides is 2. The van der Waals surface area contributed by atoms with E-state index in [1.807, 2.05) is 83.8 Å². The smallest absolute Gasteiger partial charge is 0.250 e. The van der Waals surface area contributed by atoms with Crippen LogP contribution in [0.2, 0.25) is 0 Å². The summed E-state index contributed by atoms with van der Waals surface area (Å²) in [5.41, 5.74) is 4.89. The van der Waals surface area contributed by atoms with Gasteiger partial charge in [-0.1, -0.05) is 60.7 Å². The van der Waals surface area contributed by atoms with Gasteiger partial charge in [-0.15, -0.1) is 0 Å². The second kappa shape index (κ2) is 11.7. The van der Waals surface area contributed by atoms with E-state index in [1.54, 1.807) is 0 Å². The Labute approximate surface area is 216 Å². The molecule has 1 N–H and O–H groups in total. The van der Waals surface area contributed by atoms with Crippen LogP contribution in [0.4, 0.5) is 5.69 Å². The zero-order valence-electron chi connectivity index (χ0n) is 20.7. The van der Waals surface area contributed by atoms with Crippen molar-refractivity contribution < 1.29 is 18.7 Å². The first-order valence-corrected chi connectivity index (χ1v) is 12.6. The van der Waals surface area contributed by atoms with Gasteiger partial charge >= 0.3 is 0 Å². The third-order valence-electron chi connectivity index (χ3n) is 6.49. The molecular formula is C31H30N2O4. The van der Waals surface area contributed by atoms with Crippen LogP contribution in [0.5, 0.6) is 0 Å². The number of anilines is 1. The molecular weight excluding hydrogens is 464 g/mol. The summed E-state index contributed by atoms with van der Waals surface area (Å²) in [7, 11) is 0. The first kappa shape index (κ1) is 24.5. The fourth-order valence-corrected chi connectivity index (χ4v) is 4.49. The lowest BCUT2D eigenvalue weighted by Crippen LogP contribution is -2.35. The average molecular weight is 495 g/mol. The standard InChI is InChI=1S/C31H30N2O4/c34-30(22-36-21-24-9-5-2-6-10-24)32-27-14-12-25(13-15-27)29-19-26-20-33(18-17-28(26)37-29)31(35)16-11-23-7-3-1-4-8-23/h1-10,12-15,19H,11,16-18,20-22H2,(H,32,34). The number of rotatable bonds is 9. The predicted molar refractivity (Wildman–Crippen MR) is 143 cm³/mol. The minimum Gasteiger partial charge on any atom is -0.461 e. The van der Waals surface area contributed by atoms with Crippen LogP contribution in [0.15, 0.2) is 95.4 Å². The molecule has 2 amide bonds. The number of aryl methyl sites for hydroxylation is 1. The molecule has 1 aliphatic rings. The van der Waals surface area contributed by atoms with Gasteiger partial charge in [0.25, 0.3) is 0 Å². The molecule has 1 aromatic heterocycles. The van der Waals surface area contributed by atoms with E-state index in [9.17, 15) is 9.59 Å². The van der Waals surface area contributed by atoms with Crippen molar-refractivity contribution in [3.05, 3.63) is 113 Å². The van der Waals surface area contributed by atoms with E-state index in [2.05, 4.69) is 17.4 Å². The highest BCUT2D eigenvalue weighted by molar-refractivity contribution is 5.91. The molecule has 4 aromatic rings. The Hall–Kier alpha value is -4.16.